The number of aromatic nitrogens is 2. The van der Waals surface area contributed by atoms with Crippen LogP contribution in [0.1, 0.15) is 50.7 Å². The molecular formula is C19H31N5O2. The maximum Gasteiger partial charge on any atom is 0.240 e. The first-order chi connectivity index (χ1) is 12.4. The Morgan fingerprint density at radius 2 is 2.12 bits per heavy atom. The third-order valence-corrected chi connectivity index (χ3v) is 5.79. The Morgan fingerprint density at radius 1 is 1.31 bits per heavy atom. The van der Waals surface area contributed by atoms with Crippen LogP contribution in [0, 0.1) is 0 Å². The van der Waals surface area contributed by atoms with Crippen molar-refractivity contribution in [2.45, 2.75) is 51.1 Å². The molecule has 0 radical (unpaired) electrons. The van der Waals surface area contributed by atoms with Crippen molar-refractivity contribution in [1.82, 2.24) is 24.8 Å². The number of nitrogens with zero attached hydrogens (tertiary/aromatic N) is 5. The standard InChI is InChI=1S/C19H31N5O2/c1-5-9-24-10-8-19(7-6-17(24)25)14-23(12-11-22(19)4)13-16-20-18(15(2)3)21-26-16/h5,15H,1,6-14H2,2-4H3/t19-/m1/s1. The van der Waals surface area contributed by atoms with Gasteiger partial charge in [0.1, 0.15) is 0 Å². The minimum absolute atomic E-state index is 0.0325. The summed E-state index contributed by atoms with van der Waals surface area (Å²) in [7, 11) is 2.19. The predicted molar refractivity (Wildman–Crippen MR) is 99.7 cm³/mol. The Balaban J connectivity index is 1.68. The monoisotopic (exact) mass is 361 g/mol. The lowest BCUT2D eigenvalue weighted by Gasteiger charge is -2.49. The van der Waals surface area contributed by atoms with Crippen LogP contribution in [0.4, 0.5) is 0 Å². The van der Waals surface area contributed by atoms with Crippen molar-refractivity contribution in [2.75, 3.05) is 39.8 Å². The normalized spacial score (nSPS) is 25.8. The molecule has 3 rings (SSSR count). The molecule has 7 nitrogen and oxygen atoms in total. The topological polar surface area (TPSA) is 65.7 Å². The summed E-state index contributed by atoms with van der Waals surface area (Å²) in [6.07, 6.45) is 4.30. The maximum absolute atomic E-state index is 12.4. The molecule has 2 saturated heterocycles. The van der Waals surface area contributed by atoms with Crippen molar-refractivity contribution in [3.63, 3.8) is 0 Å². The summed E-state index contributed by atoms with van der Waals surface area (Å²) in [6, 6.07) is 0. The van der Waals surface area contributed by atoms with Gasteiger partial charge in [0.2, 0.25) is 11.8 Å². The summed E-state index contributed by atoms with van der Waals surface area (Å²) >= 11 is 0. The van der Waals surface area contributed by atoms with Gasteiger partial charge in [0.15, 0.2) is 5.82 Å². The number of likely N-dealkylation sites (tertiary alicyclic amines) is 1. The summed E-state index contributed by atoms with van der Waals surface area (Å²) in [6.45, 7) is 12.9. The van der Waals surface area contributed by atoms with E-state index in [1.54, 1.807) is 0 Å². The average molecular weight is 361 g/mol. The molecule has 1 atom stereocenters. The number of rotatable bonds is 5. The average Bonchev–Trinajstić information content (AvgIpc) is 3.02. The van der Waals surface area contributed by atoms with E-state index in [1.807, 2.05) is 11.0 Å². The Kier molecular flexibility index (Phi) is 5.77. The van der Waals surface area contributed by atoms with Crippen molar-refractivity contribution < 1.29 is 9.32 Å². The Morgan fingerprint density at radius 3 is 2.81 bits per heavy atom. The van der Waals surface area contributed by atoms with Crippen LogP contribution >= 0.6 is 0 Å². The van der Waals surface area contributed by atoms with Crippen LogP contribution in [0.15, 0.2) is 17.2 Å². The molecule has 1 spiro atoms. The number of carbonyl (C=O) groups excluding carboxylic acids is 1. The van der Waals surface area contributed by atoms with E-state index in [0.29, 0.717) is 25.4 Å². The van der Waals surface area contributed by atoms with Crippen LogP contribution in [0.25, 0.3) is 0 Å². The van der Waals surface area contributed by atoms with Gasteiger partial charge in [0, 0.05) is 50.6 Å². The van der Waals surface area contributed by atoms with Gasteiger partial charge in [-0.15, -0.1) is 6.58 Å². The van der Waals surface area contributed by atoms with E-state index in [-0.39, 0.29) is 17.4 Å². The lowest BCUT2D eigenvalue weighted by atomic mass is 9.86. The fourth-order valence-electron chi connectivity index (χ4n) is 4.02. The Hall–Kier alpha value is -1.73. The van der Waals surface area contributed by atoms with Gasteiger partial charge in [-0.3, -0.25) is 14.6 Å². The first kappa shape index (κ1) is 19.0. The van der Waals surface area contributed by atoms with Gasteiger partial charge in [-0.2, -0.15) is 4.98 Å². The van der Waals surface area contributed by atoms with E-state index in [0.717, 1.165) is 44.8 Å². The molecule has 0 aromatic carbocycles. The highest BCUT2D eigenvalue weighted by molar-refractivity contribution is 5.76. The second kappa shape index (κ2) is 7.88. The highest BCUT2D eigenvalue weighted by atomic mass is 16.5. The second-order valence-electron chi connectivity index (χ2n) is 7.94. The molecule has 0 bridgehead atoms. The Labute approximate surface area is 156 Å². The quantitative estimate of drug-likeness (QED) is 0.746. The van der Waals surface area contributed by atoms with Crippen LogP contribution in [0.2, 0.25) is 0 Å². The van der Waals surface area contributed by atoms with Crippen LogP contribution in [-0.4, -0.2) is 76.1 Å². The third-order valence-electron chi connectivity index (χ3n) is 5.79. The van der Waals surface area contributed by atoms with E-state index >= 15 is 0 Å². The van der Waals surface area contributed by atoms with E-state index in [1.165, 1.54) is 0 Å². The number of hydrogen-bond donors (Lipinski definition) is 0. The van der Waals surface area contributed by atoms with E-state index in [4.69, 9.17) is 4.52 Å². The summed E-state index contributed by atoms with van der Waals surface area (Å²) < 4.78 is 5.43. The zero-order valence-corrected chi connectivity index (χ0v) is 16.3. The van der Waals surface area contributed by atoms with Crippen LogP contribution in [0.5, 0.6) is 0 Å². The summed E-state index contributed by atoms with van der Waals surface area (Å²) in [4.78, 5) is 23.7. The number of piperazine rings is 1. The number of hydrogen-bond acceptors (Lipinski definition) is 6. The molecule has 144 valence electrons. The SMILES string of the molecule is C=CCN1CC[C@]2(CCC1=O)CN(Cc1nc(C(C)C)no1)CCN2C. The highest BCUT2D eigenvalue weighted by Gasteiger charge is 2.42. The zero-order chi connectivity index (χ0) is 18.7. The zero-order valence-electron chi connectivity index (χ0n) is 16.3. The van der Waals surface area contributed by atoms with Gasteiger partial charge < -0.3 is 9.42 Å². The highest BCUT2D eigenvalue weighted by Crippen LogP contribution is 2.32. The predicted octanol–water partition coefficient (Wildman–Crippen LogP) is 1.88. The van der Waals surface area contributed by atoms with Crippen molar-refractivity contribution in [3.05, 3.63) is 24.4 Å². The fraction of sp³-hybridized carbons (Fsp3) is 0.737. The second-order valence-corrected chi connectivity index (χ2v) is 7.94. The molecule has 7 heteroatoms. The van der Waals surface area contributed by atoms with Gasteiger partial charge in [0.25, 0.3) is 0 Å². The fourth-order valence-corrected chi connectivity index (χ4v) is 4.02. The molecule has 26 heavy (non-hydrogen) atoms. The molecule has 1 aromatic heterocycles. The van der Waals surface area contributed by atoms with Crippen LogP contribution in [0.3, 0.4) is 0 Å². The lowest BCUT2D eigenvalue weighted by Crippen LogP contribution is -2.60. The van der Waals surface area contributed by atoms with Gasteiger partial charge in [-0.1, -0.05) is 25.1 Å². The molecule has 0 N–H and O–H groups in total. The van der Waals surface area contributed by atoms with E-state index < -0.39 is 0 Å². The van der Waals surface area contributed by atoms with Crippen molar-refractivity contribution in [2.24, 2.45) is 0 Å². The molecule has 3 heterocycles. The smallest absolute Gasteiger partial charge is 0.240 e. The minimum atomic E-state index is 0.0325. The third kappa shape index (κ3) is 3.99. The molecule has 0 saturated carbocycles. The molecule has 1 amide bonds. The van der Waals surface area contributed by atoms with Crippen LogP contribution in [-0.2, 0) is 11.3 Å². The molecule has 0 aliphatic carbocycles. The summed E-state index contributed by atoms with van der Waals surface area (Å²) in [5.41, 5.74) is 0.0325. The molecule has 2 aliphatic heterocycles. The Bertz CT molecular complexity index is 644. The minimum Gasteiger partial charge on any atom is -0.339 e. The van der Waals surface area contributed by atoms with Crippen LogP contribution < -0.4 is 0 Å². The van der Waals surface area contributed by atoms with Gasteiger partial charge in [-0.25, -0.2) is 0 Å². The molecule has 2 aliphatic rings. The van der Waals surface area contributed by atoms with E-state index in [9.17, 15) is 4.79 Å². The summed E-state index contributed by atoms with van der Waals surface area (Å²) in [5, 5.41) is 4.07. The maximum atomic E-state index is 12.4. The summed E-state index contributed by atoms with van der Waals surface area (Å²) in [5.74, 6) is 1.97. The number of carbonyl (C=O) groups is 1. The first-order valence-electron chi connectivity index (χ1n) is 9.58. The molecule has 1 aromatic rings. The van der Waals surface area contributed by atoms with E-state index in [2.05, 4.69) is 47.4 Å². The van der Waals surface area contributed by atoms with Gasteiger partial charge in [-0.05, 0) is 19.9 Å². The lowest BCUT2D eigenvalue weighted by molar-refractivity contribution is -0.130. The molecular weight excluding hydrogens is 330 g/mol. The van der Waals surface area contributed by atoms with Gasteiger partial charge >= 0.3 is 0 Å². The molecule has 0 unspecified atom stereocenters. The first-order valence-corrected chi connectivity index (χ1v) is 9.58. The largest absolute Gasteiger partial charge is 0.339 e. The molecule has 2 fully saturated rings. The number of likely N-dealkylation sites (N-methyl/N-ethyl adjacent to an activating group) is 1. The van der Waals surface area contributed by atoms with Crippen molar-refractivity contribution >= 4 is 5.91 Å². The van der Waals surface area contributed by atoms with Crippen molar-refractivity contribution in [1.29, 1.82) is 0 Å². The number of amides is 1. The van der Waals surface area contributed by atoms with Gasteiger partial charge in [0.05, 0.1) is 6.54 Å². The van der Waals surface area contributed by atoms with Crippen molar-refractivity contribution in [3.8, 4) is 0 Å².